The van der Waals surface area contributed by atoms with Crippen LogP contribution in [0.2, 0.25) is 0 Å². The maximum atomic E-state index is 10.8. The summed E-state index contributed by atoms with van der Waals surface area (Å²) in [6.07, 6.45) is 3.83. The lowest BCUT2D eigenvalue weighted by atomic mass is 10.1. The molecule has 18 heavy (non-hydrogen) atoms. The van der Waals surface area contributed by atoms with Gasteiger partial charge >= 0.3 is 6.09 Å². The third kappa shape index (κ3) is 2.37. The van der Waals surface area contributed by atoms with Crippen LogP contribution in [0.3, 0.4) is 0 Å². The Morgan fingerprint density at radius 2 is 2.17 bits per heavy atom. The van der Waals surface area contributed by atoms with Crippen molar-refractivity contribution in [3.63, 3.8) is 0 Å². The van der Waals surface area contributed by atoms with E-state index < -0.39 is 6.09 Å². The van der Waals surface area contributed by atoms with Gasteiger partial charge < -0.3 is 15.2 Å². The molecular weight excluding hydrogens is 234 g/mol. The van der Waals surface area contributed by atoms with Gasteiger partial charge in [-0.3, -0.25) is 9.97 Å². The molecule has 0 saturated heterocycles. The van der Waals surface area contributed by atoms with E-state index in [1.165, 1.54) is 7.11 Å². The molecule has 0 aliphatic carbocycles. The Morgan fingerprint density at radius 1 is 1.33 bits per heavy atom. The predicted molar refractivity (Wildman–Crippen MR) is 64.2 cm³/mol. The molecule has 1 aromatic heterocycles. The van der Waals surface area contributed by atoms with Crippen LogP contribution in [0.15, 0.2) is 36.8 Å². The van der Waals surface area contributed by atoms with Gasteiger partial charge in [-0.15, -0.1) is 0 Å². The van der Waals surface area contributed by atoms with Crippen LogP contribution in [0, 0.1) is 0 Å². The molecule has 0 bridgehead atoms. The molecule has 1 aromatic carbocycles. The molecule has 2 aromatic rings. The lowest BCUT2D eigenvalue weighted by Gasteiger charge is -2.11. The largest absolute Gasteiger partial charge is 0.492 e. The van der Waals surface area contributed by atoms with E-state index in [1.807, 2.05) is 0 Å². The first-order chi connectivity index (χ1) is 8.72. The van der Waals surface area contributed by atoms with E-state index in [0.717, 1.165) is 0 Å². The summed E-state index contributed by atoms with van der Waals surface area (Å²) in [4.78, 5) is 18.9. The van der Waals surface area contributed by atoms with E-state index in [9.17, 15) is 4.79 Å². The first-order valence-electron chi connectivity index (χ1n) is 5.13. The summed E-state index contributed by atoms with van der Waals surface area (Å²) >= 11 is 0. The molecule has 0 fully saturated rings. The molecule has 1 amide bonds. The highest BCUT2D eigenvalue weighted by Crippen LogP contribution is 2.36. The van der Waals surface area contributed by atoms with Crippen molar-refractivity contribution >= 4 is 6.09 Å². The lowest BCUT2D eigenvalue weighted by molar-refractivity contribution is 0.209. The van der Waals surface area contributed by atoms with Crippen LogP contribution in [0.5, 0.6) is 11.5 Å². The van der Waals surface area contributed by atoms with Crippen molar-refractivity contribution in [1.82, 2.24) is 9.97 Å². The Hall–Kier alpha value is -2.63. The predicted octanol–water partition coefficient (Wildman–Crippen LogP) is 1.61. The van der Waals surface area contributed by atoms with Crippen LogP contribution < -0.4 is 15.2 Å². The zero-order valence-electron chi connectivity index (χ0n) is 9.66. The number of nitrogens with two attached hydrogens (primary N) is 1. The van der Waals surface area contributed by atoms with E-state index in [0.29, 0.717) is 17.0 Å². The minimum absolute atomic E-state index is 0.244. The first-order valence-corrected chi connectivity index (χ1v) is 5.13. The molecule has 0 aliphatic heterocycles. The fourth-order valence-corrected chi connectivity index (χ4v) is 1.56. The van der Waals surface area contributed by atoms with Crippen molar-refractivity contribution in [2.45, 2.75) is 0 Å². The number of benzene rings is 1. The van der Waals surface area contributed by atoms with Crippen molar-refractivity contribution in [2.24, 2.45) is 5.73 Å². The van der Waals surface area contributed by atoms with Crippen LogP contribution in [0.4, 0.5) is 4.79 Å². The van der Waals surface area contributed by atoms with Crippen molar-refractivity contribution in [2.75, 3.05) is 7.11 Å². The molecule has 1 heterocycles. The quantitative estimate of drug-likeness (QED) is 0.887. The van der Waals surface area contributed by atoms with E-state index in [-0.39, 0.29) is 5.75 Å². The SMILES string of the molecule is COc1c(OC(N)=O)cccc1-c1cnccn1. The van der Waals surface area contributed by atoms with Gasteiger partial charge in [0.05, 0.1) is 19.0 Å². The summed E-state index contributed by atoms with van der Waals surface area (Å²) in [5.74, 6) is 0.630. The van der Waals surface area contributed by atoms with Gasteiger partial charge in [-0.2, -0.15) is 0 Å². The lowest BCUT2D eigenvalue weighted by Crippen LogP contribution is -2.16. The number of carbonyl (C=O) groups excluding carboxylic acids is 1. The normalized spacial score (nSPS) is 9.83. The molecule has 6 heteroatoms. The highest BCUT2D eigenvalue weighted by Gasteiger charge is 2.14. The summed E-state index contributed by atoms with van der Waals surface area (Å²) in [5.41, 5.74) is 6.28. The topological polar surface area (TPSA) is 87.3 Å². The van der Waals surface area contributed by atoms with Gasteiger partial charge in [0, 0.05) is 18.0 Å². The number of para-hydroxylation sites is 1. The van der Waals surface area contributed by atoms with Gasteiger partial charge in [0.25, 0.3) is 0 Å². The van der Waals surface area contributed by atoms with Crippen LogP contribution in [-0.2, 0) is 0 Å². The number of ether oxygens (including phenoxy) is 2. The summed E-state index contributed by atoms with van der Waals surface area (Å²) in [7, 11) is 1.48. The molecule has 0 saturated carbocycles. The number of amides is 1. The number of methoxy groups -OCH3 is 1. The Balaban J connectivity index is 2.51. The standard InChI is InChI=1S/C12H11N3O3/c1-17-11-8(9-7-14-5-6-15-9)3-2-4-10(11)18-12(13)16/h2-7H,1H3,(H2,13,16). The molecule has 0 aliphatic rings. The van der Waals surface area contributed by atoms with E-state index in [2.05, 4.69) is 9.97 Å². The Bertz CT molecular complexity index is 558. The van der Waals surface area contributed by atoms with Crippen LogP contribution >= 0.6 is 0 Å². The molecule has 0 atom stereocenters. The second kappa shape index (κ2) is 5.13. The maximum Gasteiger partial charge on any atom is 0.410 e. The number of hydrogen-bond donors (Lipinski definition) is 1. The second-order valence-electron chi connectivity index (χ2n) is 3.35. The Labute approximate surface area is 103 Å². The van der Waals surface area contributed by atoms with Crippen LogP contribution in [0.25, 0.3) is 11.3 Å². The summed E-state index contributed by atoms with van der Waals surface area (Å²) < 4.78 is 10.1. The summed E-state index contributed by atoms with van der Waals surface area (Å²) in [5, 5.41) is 0. The van der Waals surface area contributed by atoms with Crippen molar-refractivity contribution in [1.29, 1.82) is 0 Å². The van der Waals surface area contributed by atoms with Crippen LogP contribution in [-0.4, -0.2) is 23.2 Å². The molecule has 0 radical (unpaired) electrons. The van der Waals surface area contributed by atoms with Crippen molar-refractivity contribution < 1.29 is 14.3 Å². The van der Waals surface area contributed by atoms with E-state index >= 15 is 0 Å². The number of hydrogen-bond acceptors (Lipinski definition) is 5. The third-order valence-corrected chi connectivity index (χ3v) is 2.23. The number of rotatable bonds is 3. The molecule has 6 nitrogen and oxygen atoms in total. The van der Waals surface area contributed by atoms with Crippen LogP contribution in [0.1, 0.15) is 0 Å². The molecule has 2 rings (SSSR count). The summed E-state index contributed by atoms with van der Waals surface area (Å²) in [6.45, 7) is 0. The van der Waals surface area contributed by atoms with Gasteiger partial charge in [0.2, 0.25) is 0 Å². The number of aromatic nitrogens is 2. The second-order valence-corrected chi connectivity index (χ2v) is 3.35. The minimum atomic E-state index is -0.899. The highest BCUT2D eigenvalue weighted by atomic mass is 16.6. The molecule has 2 N–H and O–H groups in total. The number of nitrogens with zero attached hydrogens (tertiary/aromatic N) is 2. The Morgan fingerprint density at radius 3 is 2.78 bits per heavy atom. The van der Waals surface area contributed by atoms with Gasteiger partial charge in [0.1, 0.15) is 0 Å². The van der Waals surface area contributed by atoms with Crippen molar-refractivity contribution in [3.8, 4) is 22.8 Å². The van der Waals surface area contributed by atoms with E-state index in [4.69, 9.17) is 15.2 Å². The fourth-order valence-electron chi connectivity index (χ4n) is 1.56. The maximum absolute atomic E-state index is 10.8. The van der Waals surface area contributed by atoms with Gasteiger partial charge in [-0.25, -0.2) is 4.79 Å². The minimum Gasteiger partial charge on any atom is -0.492 e. The monoisotopic (exact) mass is 245 g/mol. The van der Waals surface area contributed by atoms with Gasteiger partial charge in [-0.1, -0.05) is 6.07 Å². The molecular formula is C12H11N3O3. The average Bonchev–Trinajstić information content (AvgIpc) is 2.39. The number of carbonyl (C=O) groups is 1. The highest BCUT2D eigenvalue weighted by molar-refractivity contribution is 5.75. The molecule has 0 spiro atoms. The fraction of sp³-hybridized carbons (Fsp3) is 0.0833. The molecule has 92 valence electrons. The third-order valence-electron chi connectivity index (χ3n) is 2.23. The van der Waals surface area contributed by atoms with Gasteiger partial charge in [-0.05, 0) is 12.1 Å². The zero-order valence-corrected chi connectivity index (χ0v) is 9.66. The van der Waals surface area contributed by atoms with Crippen molar-refractivity contribution in [3.05, 3.63) is 36.8 Å². The average molecular weight is 245 g/mol. The zero-order chi connectivity index (χ0) is 13.0. The molecule has 0 unspecified atom stereocenters. The smallest absolute Gasteiger partial charge is 0.410 e. The summed E-state index contributed by atoms with van der Waals surface area (Å²) in [6, 6.07) is 5.09. The Kier molecular flexibility index (Phi) is 3.38. The van der Waals surface area contributed by atoms with Gasteiger partial charge in [0.15, 0.2) is 11.5 Å². The number of primary amides is 1. The van der Waals surface area contributed by atoms with E-state index in [1.54, 1.807) is 36.8 Å². The first kappa shape index (κ1) is 11.8.